The van der Waals surface area contributed by atoms with Crippen LogP contribution in [0.2, 0.25) is 0 Å². The van der Waals surface area contributed by atoms with E-state index in [1.165, 1.54) is 14.0 Å². The molecule has 0 aliphatic carbocycles. The van der Waals surface area contributed by atoms with Crippen LogP contribution in [0.4, 0.5) is 0 Å². The summed E-state index contributed by atoms with van der Waals surface area (Å²) in [6.07, 6.45) is -2.48. The molecule has 2 fully saturated rings. The van der Waals surface area contributed by atoms with Gasteiger partial charge < -0.3 is 19.0 Å². The topological polar surface area (TPSA) is 118 Å². The number of hydroxylamine groups is 2. The van der Waals surface area contributed by atoms with E-state index in [0.29, 0.717) is 0 Å². The number of methoxy groups -OCH3 is 3. The number of Topliss-reactive ketones (excluding diaryl/α,β-unsaturated/α-hetero) is 1. The summed E-state index contributed by atoms with van der Waals surface area (Å²) in [5, 5.41) is 0.901. The Bertz CT molecular complexity index is 548. The number of carbonyl (C=O) groups excluding carboxylic acids is 4. The zero-order valence-corrected chi connectivity index (χ0v) is 13.7. The predicted molar refractivity (Wildman–Crippen MR) is 73.7 cm³/mol. The molecule has 0 aromatic carbocycles. The molecule has 0 radical (unpaired) electrons. The number of nitrogens with zero attached hydrogens (tertiary/aromatic N) is 1. The van der Waals surface area contributed by atoms with Gasteiger partial charge in [-0.3, -0.25) is 14.5 Å². The first-order valence-corrected chi connectivity index (χ1v) is 7.21. The summed E-state index contributed by atoms with van der Waals surface area (Å²) in [6.45, 7) is 1.34. The minimum absolute atomic E-state index is 0.0638. The van der Waals surface area contributed by atoms with Crippen molar-refractivity contribution < 1.29 is 43.1 Å². The number of hydrogen-bond donors (Lipinski definition) is 0. The second-order valence-corrected chi connectivity index (χ2v) is 5.49. The van der Waals surface area contributed by atoms with E-state index in [0.717, 1.165) is 19.4 Å². The smallest absolute Gasteiger partial charge is 0.338 e. The lowest BCUT2D eigenvalue weighted by molar-refractivity contribution is -0.350. The molecule has 0 saturated carbocycles. The molecule has 24 heavy (non-hydrogen) atoms. The monoisotopic (exact) mass is 345 g/mol. The van der Waals surface area contributed by atoms with E-state index in [9.17, 15) is 19.2 Å². The van der Waals surface area contributed by atoms with Gasteiger partial charge in [-0.05, 0) is 6.92 Å². The first-order valence-electron chi connectivity index (χ1n) is 7.21. The summed E-state index contributed by atoms with van der Waals surface area (Å²) in [6, 6.07) is -0.866. The van der Waals surface area contributed by atoms with Gasteiger partial charge in [0.15, 0.2) is 12.2 Å². The van der Waals surface area contributed by atoms with Crippen molar-refractivity contribution in [3.8, 4) is 0 Å². The van der Waals surface area contributed by atoms with E-state index in [-0.39, 0.29) is 12.2 Å². The molecule has 0 spiro atoms. The number of esters is 3. The van der Waals surface area contributed by atoms with Crippen molar-refractivity contribution in [3.63, 3.8) is 0 Å². The van der Waals surface area contributed by atoms with Gasteiger partial charge in [0.1, 0.15) is 11.7 Å². The molecular weight excluding hydrogens is 326 g/mol. The van der Waals surface area contributed by atoms with Gasteiger partial charge in [-0.25, -0.2) is 9.59 Å². The van der Waals surface area contributed by atoms with E-state index in [4.69, 9.17) is 14.4 Å². The number of carbonyl (C=O) groups is 4. The standard InChI is InChI=1S/C14H19NO9/c1-6(16)5-7-9-8(12(17)20-2)11(14(19)22-4)24-15(9)23-10(7)13(18)21-3/h7-11H,5H2,1-4H3/t7-,8+,9-,10-,11-/m1/s1. The number of rotatable bonds is 5. The van der Waals surface area contributed by atoms with Crippen molar-refractivity contribution in [2.24, 2.45) is 11.8 Å². The third kappa shape index (κ3) is 3.12. The zero-order valence-electron chi connectivity index (χ0n) is 13.7. The van der Waals surface area contributed by atoms with Crippen LogP contribution in [0.3, 0.4) is 0 Å². The van der Waals surface area contributed by atoms with Crippen LogP contribution >= 0.6 is 0 Å². The van der Waals surface area contributed by atoms with E-state index >= 15 is 0 Å². The summed E-state index contributed by atoms with van der Waals surface area (Å²) in [5.41, 5.74) is 0. The minimum Gasteiger partial charge on any atom is -0.469 e. The van der Waals surface area contributed by atoms with Crippen LogP contribution in [0.15, 0.2) is 0 Å². The minimum atomic E-state index is -1.29. The number of fused-ring (bicyclic) bond motifs is 1. The van der Waals surface area contributed by atoms with Crippen molar-refractivity contribution in [3.05, 3.63) is 0 Å². The van der Waals surface area contributed by atoms with Gasteiger partial charge in [-0.1, -0.05) is 5.23 Å². The van der Waals surface area contributed by atoms with Crippen LogP contribution in [0, 0.1) is 11.8 Å². The fourth-order valence-corrected chi connectivity index (χ4v) is 3.04. The first-order chi connectivity index (χ1) is 11.3. The molecule has 10 heteroatoms. The largest absolute Gasteiger partial charge is 0.469 e. The molecule has 2 aliphatic heterocycles. The molecule has 134 valence electrons. The second kappa shape index (κ2) is 7.24. The number of ether oxygens (including phenoxy) is 3. The lowest BCUT2D eigenvalue weighted by Crippen LogP contribution is -2.44. The molecule has 0 aromatic heterocycles. The second-order valence-electron chi connectivity index (χ2n) is 5.49. The normalized spacial score (nSPS) is 32.1. The maximum atomic E-state index is 12.2. The van der Waals surface area contributed by atoms with Crippen LogP contribution in [0.25, 0.3) is 0 Å². The molecule has 2 aliphatic rings. The van der Waals surface area contributed by atoms with Crippen LogP contribution in [-0.4, -0.2) is 68.5 Å². The highest BCUT2D eigenvalue weighted by atomic mass is 17.0. The molecule has 0 bridgehead atoms. The highest BCUT2D eigenvalue weighted by Gasteiger charge is 2.63. The lowest BCUT2D eigenvalue weighted by Gasteiger charge is -2.22. The van der Waals surface area contributed by atoms with Crippen molar-refractivity contribution >= 4 is 23.7 Å². The average Bonchev–Trinajstić information content (AvgIpc) is 3.09. The number of hydrogen-bond acceptors (Lipinski definition) is 10. The Morgan fingerprint density at radius 3 is 1.88 bits per heavy atom. The number of ketones is 1. The summed E-state index contributed by atoms with van der Waals surface area (Å²) >= 11 is 0. The molecule has 0 aromatic rings. The molecule has 0 amide bonds. The van der Waals surface area contributed by atoms with Gasteiger partial charge >= 0.3 is 17.9 Å². The Balaban J connectivity index is 2.38. The van der Waals surface area contributed by atoms with Crippen LogP contribution in [0.1, 0.15) is 13.3 Å². The Morgan fingerprint density at radius 1 is 0.875 bits per heavy atom. The lowest BCUT2D eigenvalue weighted by atomic mass is 9.81. The quantitative estimate of drug-likeness (QED) is 0.454. The molecule has 0 N–H and O–H groups in total. The third-order valence-corrected chi connectivity index (χ3v) is 4.06. The fourth-order valence-electron chi connectivity index (χ4n) is 3.04. The summed E-state index contributed by atoms with van der Waals surface area (Å²) in [4.78, 5) is 58.2. The highest BCUT2D eigenvalue weighted by molar-refractivity contribution is 5.86. The van der Waals surface area contributed by atoms with E-state index < -0.39 is 48.0 Å². The SMILES string of the molecule is COC(=O)[C@H]1[C@H]2[C@@H](CC(C)=O)[C@H](C(=O)OC)ON2O[C@H]1C(=O)OC. The van der Waals surface area contributed by atoms with Gasteiger partial charge in [0, 0.05) is 12.3 Å². The van der Waals surface area contributed by atoms with Crippen molar-refractivity contribution in [2.75, 3.05) is 21.3 Å². The third-order valence-electron chi connectivity index (χ3n) is 4.06. The summed E-state index contributed by atoms with van der Waals surface area (Å²) in [7, 11) is 3.48. The Kier molecular flexibility index (Phi) is 5.52. The fraction of sp³-hybridized carbons (Fsp3) is 0.714. The van der Waals surface area contributed by atoms with Gasteiger partial charge in [0.25, 0.3) is 0 Å². The molecule has 5 atom stereocenters. The Morgan fingerprint density at radius 2 is 1.38 bits per heavy atom. The van der Waals surface area contributed by atoms with E-state index in [1.807, 2.05) is 0 Å². The van der Waals surface area contributed by atoms with Gasteiger partial charge in [-0.2, -0.15) is 0 Å². The maximum absolute atomic E-state index is 12.2. The van der Waals surface area contributed by atoms with Crippen LogP contribution in [0.5, 0.6) is 0 Å². The molecule has 2 saturated heterocycles. The Hall–Kier alpha value is -2.04. The highest BCUT2D eigenvalue weighted by Crippen LogP contribution is 2.43. The van der Waals surface area contributed by atoms with Crippen molar-refractivity contribution in [1.29, 1.82) is 0 Å². The van der Waals surface area contributed by atoms with Gasteiger partial charge in [-0.15, -0.1) is 0 Å². The molecule has 2 rings (SSSR count). The van der Waals surface area contributed by atoms with E-state index in [1.54, 1.807) is 0 Å². The molecule has 2 heterocycles. The van der Waals surface area contributed by atoms with Crippen molar-refractivity contribution in [1.82, 2.24) is 5.23 Å². The average molecular weight is 345 g/mol. The molecule has 0 unspecified atom stereocenters. The van der Waals surface area contributed by atoms with Crippen LogP contribution in [-0.2, 0) is 43.1 Å². The van der Waals surface area contributed by atoms with Crippen LogP contribution < -0.4 is 0 Å². The van der Waals surface area contributed by atoms with Crippen molar-refractivity contribution in [2.45, 2.75) is 31.6 Å². The van der Waals surface area contributed by atoms with Gasteiger partial charge in [0.2, 0.25) is 0 Å². The zero-order chi connectivity index (χ0) is 18.0. The van der Waals surface area contributed by atoms with E-state index in [2.05, 4.69) is 9.47 Å². The summed E-state index contributed by atoms with van der Waals surface area (Å²) in [5.74, 6) is -4.31. The maximum Gasteiger partial charge on any atom is 0.338 e. The first kappa shape index (κ1) is 18.3. The summed E-state index contributed by atoms with van der Waals surface area (Å²) < 4.78 is 14.0. The molecule has 10 nitrogen and oxygen atoms in total. The predicted octanol–water partition coefficient (Wildman–Crippen LogP) is -0.985. The Labute approximate surface area is 137 Å². The molecular formula is C14H19NO9. The van der Waals surface area contributed by atoms with Gasteiger partial charge in [0.05, 0.1) is 27.4 Å².